The molecule has 3 N–H and O–H groups in total. The van der Waals surface area contributed by atoms with E-state index in [1.165, 1.54) is 0 Å². The van der Waals surface area contributed by atoms with Gasteiger partial charge in [0, 0.05) is 0 Å². The number of hydrogen-bond acceptors (Lipinski definition) is 3. The van der Waals surface area contributed by atoms with E-state index >= 15 is 0 Å². The Kier molecular flexibility index (Phi) is 4.01. The molecule has 0 aliphatic heterocycles. The van der Waals surface area contributed by atoms with Gasteiger partial charge in [0.05, 0.1) is 5.60 Å². The lowest BCUT2D eigenvalue weighted by molar-refractivity contribution is -0.169. The molecule has 0 radical (unpaired) electrons. The molecule has 23 heavy (non-hydrogen) atoms. The molecule has 1 aromatic rings. The zero-order valence-corrected chi connectivity index (χ0v) is 14.8. The topological polar surface area (TPSA) is 60.7 Å². The summed E-state index contributed by atoms with van der Waals surface area (Å²) >= 11 is 0. The summed E-state index contributed by atoms with van der Waals surface area (Å²) in [6.07, 6.45) is 3.47. The van der Waals surface area contributed by atoms with E-state index in [-0.39, 0.29) is 23.0 Å². The third-order valence-corrected chi connectivity index (χ3v) is 6.33. The highest BCUT2D eigenvalue weighted by Gasteiger charge is 2.53. The summed E-state index contributed by atoms with van der Waals surface area (Å²) in [6, 6.07) is 3.73. The van der Waals surface area contributed by atoms with E-state index in [4.69, 9.17) is 0 Å². The van der Waals surface area contributed by atoms with Crippen molar-refractivity contribution in [2.45, 2.75) is 77.4 Å². The Balaban J connectivity index is 2.10. The molecule has 2 aliphatic carbocycles. The number of aliphatic hydroxyl groups excluding tert-OH is 1. The van der Waals surface area contributed by atoms with E-state index in [0.29, 0.717) is 6.42 Å². The first-order chi connectivity index (χ1) is 10.7. The van der Waals surface area contributed by atoms with Crippen LogP contribution in [0.25, 0.3) is 0 Å². The summed E-state index contributed by atoms with van der Waals surface area (Å²) in [5.41, 5.74) is 1.66. The van der Waals surface area contributed by atoms with E-state index in [1.54, 1.807) is 6.07 Å². The standard InChI is InChI=1S/C20H30O3/c1-12(2)14-10-13-6-7-17-19(3,4)8-5-9-20(17,23)18(22)15(13)11-16(14)21/h10-12,17-18,21-23H,5-9H2,1-4H3/t17-,18+,20+/m0/s1. The molecule has 0 spiro atoms. The van der Waals surface area contributed by atoms with Crippen LogP contribution in [-0.4, -0.2) is 20.9 Å². The first kappa shape index (κ1) is 16.8. The number of phenolic OH excluding ortho intramolecular Hbond substituents is 1. The van der Waals surface area contributed by atoms with Crippen molar-refractivity contribution in [1.82, 2.24) is 0 Å². The molecule has 128 valence electrons. The van der Waals surface area contributed by atoms with Crippen LogP contribution in [-0.2, 0) is 6.42 Å². The summed E-state index contributed by atoms with van der Waals surface area (Å²) in [7, 11) is 0. The Labute approximate surface area is 139 Å². The lowest BCUT2D eigenvalue weighted by atomic mass is 9.58. The molecule has 0 unspecified atom stereocenters. The molecule has 1 fully saturated rings. The Morgan fingerprint density at radius 2 is 1.87 bits per heavy atom. The second-order valence-corrected chi connectivity index (χ2v) is 8.59. The summed E-state index contributed by atoms with van der Waals surface area (Å²) in [6.45, 7) is 8.54. The maximum absolute atomic E-state index is 11.4. The fourth-order valence-corrected chi connectivity index (χ4v) is 4.99. The van der Waals surface area contributed by atoms with Gasteiger partial charge in [-0.05, 0) is 72.1 Å². The average Bonchev–Trinajstić information content (AvgIpc) is 2.55. The molecular formula is C20H30O3. The van der Waals surface area contributed by atoms with Crippen LogP contribution >= 0.6 is 0 Å². The molecule has 2 aliphatic rings. The van der Waals surface area contributed by atoms with E-state index in [2.05, 4.69) is 27.7 Å². The molecule has 0 amide bonds. The van der Waals surface area contributed by atoms with Crippen LogP contribution in [0.5, 0.6) is 5.75 Å². The molecule has 1 saturated carbocycles. The zero-order chi connectivity index (χ0) is 17.0. The van der Waals surface area contributed by atoms with E-state index in [1.807, 2.05) is 6.07 Å². The maximum atomic E-state index is 11.4. The Morgan fingerprint density at radius 1 is 1.17 bits per heavy atom. The molecule has 3 heteroatoms. The van der Waals surface area contributed by atoms with Gasteiger partial charge in [0.1, 0.15) is 11.9 Å². The number of hydrogen-bond donors (Lipinski definition) is 3. The van der Waals surface area contributed by atoms with Crippen molar-refractivity contribution in [3.63, 3.8) is 0 Å². The van der Waals surface area contributed by atoms with Gasteiger partial charge in [-0.3, -0.25) is 0 Å². The van der Waals surface area contributed by atoms with Gasteiger partial charge < -0.3 is 15.3 Å². The second kappa shape index (κ2) is 5.49. The average molecular weight is 318 g/mol. The highest BCUT2D eigenvalue weighted by atomic mass is 16.3. The monoisotopic (exact) mass is 318 g/mol. The molecule has 1 aromatic carbocycles. The lowest BCUT2D eigenvalue weighted by Crippen LogP contribution is -2.52. The van der Waals surface area contributed by atoms with Crippen molar-refractivity contribution >= 4 is 0 Å². The quantitative estimate of drug-likeness (QED) is 0.732. The Morgan fingerprint density at radius 3 is 2.52 bits per heavy atom. The van der Waals surface area contributed by atoms with Gasteiger partial charge in [-0.15, -0.1) is 0 Å². The number of benzene rings is 1. The molecular weight excluding hydrogens is 288 g/mol. The number of phenols is 1. The predicted octanol–water partition coefficient (Wildman–Crippen LogP) is 4.05. The van der Waals surface area contributed by atoms with Gasteiger partial charge in [0.25, 0.3) is 0 Å². The normalized spacial score (nSPS) is 33.0. The third kappa shape index (κ3) is 2.58. The number of aliphatic hydroxyl groups is 2. The smallest absolute Gasteiger partial charge is 0.119 e. The van der Waals surface area contributed by atoms with E-state index in [9.17, 15) is 15.3 Å². The SMILES string of the molecule is CC(C)c1cc2c(cc1O)[C@@H](O)[C@@]1(O)CCCC(C)(C)[C@@H]1CC2. The van der Waals surface area contributed by atoms with Crippen molar-refractivity contribution in [2.24, 2.45) is 11.3 Å². The van der Waals surface area contributed by atoms with Crippen molar-refractivity contribution in [2.75, 3.05) is 0 Å². The molecule has 0 bridgehead atoms. The highest BCUT2D eigenvalue weighted by Crippen LogP contribution is 2.55. The van der Waals surface area contributed by atoms with Crippen LogP contribution in [0.15, 0.2) is 12.1 Å². The number of aryl methyl sites for hydroxylation is 1. The minimum absolute atomic E-state index is 0.0267. The number of fused-ring (bicyclic) bond motifs is 2. The van der Waals surface area contributed by atoms with Gasteiger partial charge in [-0.25, -0.2) is 0 Å². The predicted molar refractivity (Wildman–Crippen MR) is 91.5 cm³/mol. The lowest BCUT2D eigenvalue weighted by Gasteiger charge is -2.50. The van der Waals surface area contributed by atoms with Crippen LogP contribution in [0.4, 0.5) is 0 Å². The van der Waals surface area contributed by atoms with Gasteiger partial charge >= 0.3 is 0 Å². The fourth-order valence-electron chi connectivity index (χ4n) is 4.99. The van der Waals surface area contributed by atoms with Gasteiger partial charge in [0.15, 0.2) is 0 Å². The van der Waals surface area contributed by atoms with Crippen molar-refractivity contribution in [1.29, 1.82) is 0 Å². The van der Waals surface area contributed by atoms with Gasteiger partial charge in [-0.1, -0.05) is 33.8 Å². The van der Waals surface area contributed by atoms with E-state index in [0.717, 1.165) is 42.4 Å². The minimum Gasteiger partial charge on any atom is -0.508 e. The van der Waals surface area contributed by atoms with Crippen LogP contribution in [0.1, 0.15) is 82.1 Å². The van der Waals surface area contributed by atoms with Crippen molar-refractivity contribution in [3.05, 3.63) is 28.8 Å². The second-order valence-electron chi connectivity index (χ2n) is 8.59. The molecule has 0 saturated heterocycles. The van der Waals surface area contributed by atoms with Crippen molar-refractivity contribution < 1.29 is 15.3 Å². The largest absolute Gasteiger partial charge is 0.508 e. The summed E-state index contributed by atoms with van der Waals surface area (Å²) in [4.78, 5) is 0. The van der Waals surface area contributed by atoms with Gasteiger partial charge in [-0.2, -0.15) is 0 Å². The number of rotatable bonds is 1. The first-order valence-electron chi connectivity index (χ1n) is 8.93. The summed E-state index contributed by atoms with van der Waals surface area (Å²) in [5.74, 6) is 0.549. The van der Waals surface area contributed by atoms with Gasteiger partial charge in [0.2, 0.25) is 0 Å². The van der Waals surface area contributed by atoms with Crippen LogP contribution in [0.3, 0.4) is 0 Å². The Hall–Kier alpha value is -1.06. The summed E-state index contributed by atoms with van der Waals surface area (Å²) in [5, 5.41) is 32.7. The first-order valence-corrected chi connectivity index (χ1v) is 8.93. The molecule has 3 rings (SSSR count). The zero-order valence-electron chi connectivity index (χ0n) is 14.8. The molecule has 3 atom stereocenters. The van der Waals surface area contributed by atoms with Crippen LogP contribution in [0.2, 0.25) is 0 Å². The molecule has 0 aromatic heterocycles. The molecule has 0 heterocycles. The van der Waals surface area contributed by atoms with E-state index < -0.39 is 11.7 Å². The van der Waals surface area contributed by atoms with Crippen LogP contribution in [0, 0.1) is 11.3 Å². The third-order valence-electron chi connectivity index (χ3n) is 6.33. The Bertz CT molecular complexity index is 605. The van der Waals surface area contributed by atoms with Crippen LogP contribution < -0.4 is 0 Å². The molecule has 3 nitrogen and oxygen atoms in total. The fraction of sp³-hybridized carbons (Fsp3) is 0.700. The highest BCUT2D eigenvalue weighted by molar-refractivity contribution is 5.46. The summed E-state index contributed by atoms with van der Waals surface area (Å²) < 4.78 is 0. The minimum atomic E-state index is -1.08. The maximum Gasteiger partial charge on any atom is 0.119 e. The number of aromatic hydroxyl groups is 1. The van der Waals surface area contributed by atoms with Crippen molar-refractivity contribution in [3.8, 4) is 5.75 Å².